The van der Waals surface area contributed by atoms with E-state index >= 15 is 0 Å². The van der Waals surface area contributed by atoms with Gasteiger partial charge in [0.05, 0.1) is 0 Å². The molecule has 0 spiro atoms. The standard InChI is InChI=1S/C16H32N2/c1-3-11-17-13-15(4-2)18-12-7-9-14-8-5-6-10-16(14)18/h14-17H,3-13H2,1-2H3/t14-,15?,16-/m1/s1. The molecule has 0 aromatic rings. The maximum absolute atomic E-state index is 3.64. The fourth-order valence-corrected chi connectivity index (χ4v) is 4.06. The Labute approximate surface area is 114 Å². The minimum atomic E-state index is 0.780. The van der Waals surface area contributed by atoms with Crippen molar-refractivity contribution in [2.75, 3.05) is 19.6 Å². The van der Waals surface area contributed by atoms with Gasteiger partial charge in [0.15, 0.2) is 0 Å². The summed E-state index contributed by atoms with van der Waals surface area (Å²) < 4.78 is 0. The quantitative estimate of drug-likeness (QED) is 0.729. The van der Waals surface area contributed by atoms with Crippen LogP contribution in [0.4, 0.5) is 0 Å². The molecule has 1 unspecified atom stereocenters. The SMILES string of the molecule is CCCNCC(CC)N1CCC[C@H]2CCCC[C@H]21. The number of fused-ring (bicyclic) bond motifs is 1. The van der Waals surface area contributed by atoms with Crippen molar-refractivity contribution in [3.63, 3.8) is 0 Å². The van der Waals surface area contributed by atoms with Crippen LogP contribution >= 0.6 is 0 Å². The van der Waals surface area contributed by atoms with E-state index < -0.39 is 0 Å². The monoisotopic (exact) mass is 252 g/mol. The first-order valence-electron chi connectivity index (χ1n) is 8.33. The lowest BCUT2D eigenvalue weighted by Crippen LogP contribution is -2.54. The van der Waals surface area contributed by atoms with E-state index in [-0.39, 0.29) is 0 Å². The van der Waals surface area contributed by atoms with E-state index in [1.165, 1.54) is 71.0 Å². The molecule has 0 amide bonds. The first kappa shape index (κ1) is 14.3. The number of likely N-dealkylation sites (tertiary alicyclic amines) is 1. The third-order valence-corrected chi connectivity index (χ3v) is 5.03. The maximum atomic E-state index is 3.64. The normalized spacial score (nSPS) is 31.0. The minimum absolute atomic E-state index is 0.780. The van der Waals surface area contributed by atoms with Crippen LogP contribution in [-0.2, 0) is 0 Å². The van der Waals surface area contributed by atoms with Gasteiger partial charge in [-0.1, -0.05) is 26.7 Å². The largest absolute Gasteiger partial charge is 0.315 e. The molecule has 0 aromatic carbocycles. The summed E-state index contributed by atoms with van der Waals surface area (Å²) in [5.74, 6) is 1.02. The lowest BCUT2D eigenvalue weighted by molar-refractivity contribution is 0.0244. The summed E-state index contributed by atoms with van der Waals surface area (Å²) in [7, 11) is 0. The van der Waals surface area contributed by atoms with Crippen LogP contribution in [0.3, 0.4) is 0 Å². The number of rotatable bonds is 6. The summed E-state index contributed by atoms with van der Waals surface area (Å²) in [6.07, 6.45) is 11.4. The predicted octanol–water partition coefficient (Wildman–Crippen LogP) is 3.42. The molecule has 1 aliphatic heterocycles. The van der Waals surface area contributed by atoms with Gasteiger partial charge in [0, 0.05) is 18.6 Å². The van der Waals surface area contributed by atoms with Crippen LogP contribution in [0.5, 0.6) is 0 Å². The summed E-state index contributed by atoms with van der Waals surface area (Å²) >= 11 is 0. The smallest absolute Gasteiger partial charge is 0.0221 e. The van der Waals surface area contributed by atoms with Crippen molar-refractivity contribution in [1.82, 2.24) is 10.2 Å². The van der Waals surface area contributed by atoms with Crippen molar-refractivity contribution in [2.45, 2.75) is 77.3 Å². The van der Waals surface area contributed by atoms with E-state index in [1.807, 2.05) is 0 Å². The topological polar surface area (TPSA) is 15.3 Å². The Balaban J connectivity index is 1.90. The summed E-state index contributed by atoms with van der Waals surface area (Å²) in [5.41, 5.74) is 0. The number of piperidine rings is 1. The molecule has 2 heteroatoms. The second-order valence-corrected chi connectivity index (χ2v) is 6.26. The summed E-state index contributed by atoms with van der Waals surface area (Å²) in [5, 5.41) is 3.64. The molecule has 18 heavy (non-hydrogen) atoms. The van der Waals surface area contributed by atoms with Crippen LogP contribution in [0.25, 0.3) is 0 Å². The molecule has 0 bridgehead atoms. The van der Waals surface area contributed by atoms with Gasteiger partial charge in [-0.2, -0.15) is 0 Å². The number of nitrogens with zero attached hydrogens (tertiary/aromatic N) is 1. The zero-order valence-electron chi connectivity index (χ0n) is 12.5. The highest BCUT2D eigenvalue weighted by molar-refractivity contribution is 4.90. The van der Waals surface area contributed by atoms with E-state index in [0.29, 0.717) is 0 Å². The van der Waals surface area contributed by atoms with Crippen LogP contribution in [0.1, 0.15) is 65.2 Å². The molecule has 3 atom stereocenters. The molecule has 1 aliphatic carbocycles. The van der Waals surface area contributed by atoms with E-state index in [9.17, 15) is 0 Å². The highest BCUT2D eigenvalue weighted by Crippen LogP contribution is 2.36. The molecule has 1 heterocycles. The van der Waals surface area contributed by atoms with Gasteiger partial charge in [0.2, 0.25) is 0 Å². The fraction of sp³-hybridized carbons (Fsp3) is 1.00. The average molecular weight is 252 g/mol. The lowest BCUT2D eigenvalue weighted by Gasteiger charge is -2.47. The highest BCUT2D eigenvalue weighted by Gasteiger charge is 2.35. The second-order valence-electron chi connectivity index (χ2n) is 6.26. The van der Waals surface area contributed by atoms with Gasteiger partial charge >= 0.3 is 0 Å². The van der Waals surface area contributed by atoms with Crippen LogP contribution in [0.2, 0.25) is 0 Å². The number of hydrogen-bond acceptors (Lipinski definition) is 2. The van der Waals surface area contributed by atoms with Crippen molar-refractivity contribution in [2.24, 2.45) is 5.92 Å². The Morgan fingerprint density at radius 1 is 1.11 bits per heavy atom. The number of nitrogens with one attached hydrogen (secondary N) is 1. The maximum Gasteiger partial charge on any atom is 0.0221 e. The molecule has 2 aliphatic rings. The van der Waals surface area contributed by atoms with Gasteiger partial charge in [0.1, 0.15) is 0 Å². The van der Waals surface area contributed by atoms with Gasteiger partial charge in [-0.15, -0.1) is 0 Å². The Bertz CT molecular complexity index is 227. The zero-order chi connectivity index (χ0) is 12.8. The fourth-order valence-electron chi connectivity index (χ4n) is 4.06. The van der Waals surface area contributed by atoms with Crippen LogP contribution < -0.4 is 5.32 Å². The molecular weight excluding hydrogens is 220 g/mol. The summed E-state index contributed by atoms with van der Waals surface area (Å²) in [4.78, 5) is 2.87. The van der Waals surface area contributed by atoms with E-state index in [4.69, 9.17) is 0 Å². The Kier molecular flexibility index (Phi) is 5.97. The summed E-state index contributed by atoms with van der Waals surface area (Å²) in [6.45, 7) is 8.36. The van der Waals surface area contributed by atoms with Gasteiger partial charge in [0.25, 0.3) is 0 Å². The second kappa shape index (κ2) is 7.49. The minimum Gasteiger partial charge on any atom is -0.315 e. The zero-order valence-corrected chi connectivity index (χ0v) is 12.5. The molecule has 1 N–H and O–H groups in total. The van der Waals surface area contributed by atoms with E-state index in [0.717, 1.165) is 18.0 Å². The molecule has 0 radical (unpaired) electrons. The first-order valence-corrected chi connectivity index (χ1v) is 8.33. The molecule has 2 fully saturated rings. The molecule has 0 aromatic heterocycles. The van der Waals surface area contributed by atoms with Gasteiger partial charge in [-0.25, -0.2) is 0 Å². The average Bonchev–Trinajstić information content (AvgIpc) is 2.43. The van der Waals surface area contributed by atoms with Crippen molar-refractivity contribution in [1.29, 1.82) is 0 Å². The van der Waals surface area contributed by atoms with Crippen LogP contribution in [0.15, 0.2) is 0 Å². The molecule has 2 rings (SSSR count). The van der Waals surface area contributed by atoms with Crippen LogP contribution in [-0.4, -0.2) is 36.6 Å². The van der Waals surface area contributed by atoms with Gasteiger partial charge in [-0.05, 0) is 57.5 Å². The van der Waals surface area contributed by atoms with E-state index in [2.05, 4.69) is 24.1 Å². The third kappa shape index (κ3) is 3.48. The number of hydrogen-bond donors (Lipinski definition) is 1. The molecule has 1 saturated carbocycles. The Morgan fingerprint density at radius 3 is 2.67 bits per heavy atom. The first-order chi connectivity index (χ1) is 8.86. The lowest BCUT2D eigenvalue weighted by atomic mass is 9.77. The molecular formula is C16H32N2. The molecule has 1 saturated heterocycles. The van der Waals surface area contributed by atoms with Crippen molar-refractivity contribution in [3.8, 4) is 0 Å². The van der Waals surface area contributed by atoms with Crippen molar-refractivity contribution >= 4 is 0 Å². The highest BCUT2D eigenvalue weighted by atomic mass is 15.2. The Morgan fingerprint density at radius 2 is 1.89 bits per heavy atom. The van der Waals surface area contributed by atoms with Crippen molar-refractivity contribution in [3.05, 3.63) is 0 Å². The predicted molar refractivity (Wildman–Crippen MR) is 78.9 cm³/mol. The van der Waals surface area contributed by atoms with Gasteiger partial charge < -0.3 is 5.32 Å². The third-order valence-electron chi connectivity index (χ3n) is 5.03. The van der Waals surface area contributed by atoms with Gasteiger partial charge in [-0.3, -0.25) is 4.90 Å². The summed E-state index contributed by atoms with van der Waals surface area (Å²) in [6, 6.07) is 1.70. The van der Waals surface area contributed by atoms with Crippen LogP contribution in [0, 0.1) is 5.92 Å². The molecule has 106 valence electrons. The Hall–Kier alpha value is -0.0800. The van der Waals surface area contributed by atoms with Crippen molar-refractivity contribution < 1.29 is 0 Å². The van der Waals surface area contributed by atoms with E-state index in [1.54, 1.807) is 0 Å². The molecule has 2 nitrogen and oxygen atoms in total.